The molecule has 29 heavy (non-hydrogen) atoms. The van der Waals surface area contributed by atoms with E-state index in [1.165, 1.54) is 36.2 Å². The van der Waals surface area contributed by atoms with Gasteiger partial charge < -0.3 is 0 Å². The van der Waals surface area contributed by atoms with Gasteiger partial charge in [-0.15, -0.1) is 0 Å². The number of benzene rings is 2. The molecule has 3 rings (SSSR count). The third kappa shape index (κ3) is 4.88. The summed E-state index contributed by atoms with van der Waals surface area (Å²) in [6, 6.07) is 14.3. The van der Waals surface area contributed by atoms with E-state index in [1.54, 1.807) is 23.1 Å². The van der Waals surface area contributed by atoms with E-state index in [1.807, 2.05) is 38.1 Å². The average molecular weight is 432 g/mol. The minimum Gasteiger partial charge on any atom is -0.290 e. The molecule has 0 N–H and O–H groups in total. The van der Waals surface area contributed by atoms with Crippen LogP contribution in [0.25, 0.3) is 0 Å². The Morgan fingerprint density at radius 1 is 1.21 bits per heavy atom. The maximum atomic E-state index is 13.0. The van der Waals surface area contributed by atoms with Gasteiger partial charge in [-0.05, 0) is 36.2 Å². The van der Waals surface area contributed by atoms with Crippen LogP contribution in [0.2, 0.25) is 0 Å². The normalized spacial score (nSPS) is 18.6. The van der Waals surface area contributed by atoms with E-state index in [9.17, 15) is 13.2 Å². The lowest BCUT2D eigenvalue weighted by atomic mass is 10.1. The molecule has 0 aliphatic carbocycles. The number of amidine groups is 1. The van der Waals surface area contributed by atoms with E-state index >= 15 is 0 Å². The third-order valence-corrected chi connectivity index (χ3v) is 7.59. The molecule has 1 aliphatic heterocycles. The Hall–Kier alpha value is -2.16. The molecule has 0 aromatic heterocycles. The fraction of sp³-hybridized carbons (Fsp3) is 0.333. The smallest absolute Gasteiger partial charge is 0.242 e. The number of carbonyl (C=O) groups is 1. The van der Waals surface area contributed by atoms with Crippen molar-refractivity contribution < 1.29 is 13.2 Å². The third-order valence-electron chi connectivity index (χ3n) is 4.70. The van der Waals surface area contributed by atoms with Crippen LogP contribution in [0, 0.1) is 6.92 Å². The van der Waals surface area contributed by atoms with Gasteiger partial charge in [-0.3, -0.25) is 9.69 Å². The zero-order chi connectivity index (χ0) is 21.2. The molecular formula is C21H25N3O3S2. The maximum absolute atomic E-state index is 13.0. The van der Waals surface area contributed by atoms with Gasteiger partial charge in [0.05, 0.1) is 17.0 Å². The van der Waals surface area contributed by atoms with Crippen LogP contribution in [-0.4, -0.2) is 54.6 Å². The van der Waals surface area contributed by atoms with Gasteiger partial charge in [-0.25, -0.2) is 17.7 Å². The quantitative estimate of drug-likeness (QED) is 0.727. The molecule has 1 saturated heterocycles. The maximum Gasteiger partial charge on any atom is 0.242 e. The van der Waals surface area contributed by atoms with Crippen LogP contribution in [-0.2, 0) is 21.2 Å². The molecule has 6 nitrogen and oxygen atoms in total. The van der Waals surface area contributed by atoms with E-state index in [0.717, 1.165) is 11.1 Å². The van der Waals surface area contributed by atoms with Crippen molar-refractivity contribution in [3.05, 3.63) is 59.7 Å². The summed E-state index contributed by atoms with van der Waals surface area (Å²) in [4.78, 5) is 19.5. The lowest BCUT2D eigenvalue weighted by molar-refractivity contribution is -0.126. The number of carbonyl (C=O) groups excluding carboxylic acids is 1. The minimum absolute atomic E-state index is 0.00744. The highest BCUT2D eigenvalue weighted by molar-refractivity contribution is 8.14. The van der Waals surface area contributed by atoms with Crippen LogP contribution >= 0.6 is 11.8 Å². The molecule has 2 aromatic carbocycles. The van der Waals surface area contributed by atoms with Gasteiger partial charge in [-0.2, -0.15) is 0 Å². The highest BCUT2D eigenvalue weighted by Gasteiger charge is 2.31. The lowest BCUT2D eigenvalue weighted by Gasteiger charge is -2.17. The van der Waals surface area contributed by atoms with Gasteiger partial charge in [0.2, 0.25) is 15.9 Å². The van der Waals surface area contributed by atoms with Gasteiger partial charge in [0.25, 0.3) is 0 Å². The highest BCUT2D eigenvalue weighted by Crippen LogP contribution is 2.30. The van der Waals surface area contributed by atoms with Crippen molar-refractivity contribution in [1.82, 2.24) is 9.21 Å². The molecule has 8 heteroatoms. The summed E-state index contributed by atoms with van der Waals surface area (Å²) in [6.45, 7) is 4.63. The van der Waals surface area contributed by atoms with E-state index in [2.05, 4.69) is 4.99 Å². The Balaban J connectivity index is 1.88. The zero-order valence-electron chi connectivity index (χ0n) is 17.0. The van der Waals surface area contributed by atoms with Crippen LogP contribution in [0.4, 0.5) is 5.69 Å². The fourth-order valence-corrected chi connectivity index (χ4v) is 5.00. The molecule has 1 amide bonds. The molecule has 0 spiro atoms. The number of nitrogens with zero attached hydrogens (tertiary/aromatic N) is 3. The monoisotopic (exact) mass is 431 g/mol. The predicted molar refractivity (Wildman–Crippen MR) is 118 cm³/mol. The summed E-state index contributed by atoms with van der Waals surface area (Å²) < 4.78 is 25.9. The predicted octanol–water partition coefficient (Wildman–Crippen LogP) is 3.44. The molecule has 1 aliphatic rings. The van der Waals surface area contributed by atoms with Crippen molar-refractivity contribution in [2.75, 3.05) is 20.6 Å². The van der Waals surface area contributed by atoms with Gasteiger partial charge in [0.15, 0.2) is 5.17 Å². The minimum atomic E-state index is -3.54. The second kappa shape index (κ2) is 8.69. The Bertz CT molecular complexity index is 1050. The molecule has 1 atom stereocenters. The fourth-order valence-electron chi connectivity index (χ4n) is 3.01. The zero-order valence-corrected chi connectivity index (χ0v) is 18.6. The van der Waals surface area contributed by atoms with Crippen molar-refractivity contribution in [3.8, 4) is 0 Å². The first-order valence-corrected chi connectivity index (χ1v) is 11.6. The highest BCUT2D eigenvalue weighted by atomic mass is 32.2. The number of aryl methyl sites for hydroxylation is 1. The number of amides is 1. The Morgan fingerprint density at radius 2 is 1.93 bits per heavy atom. The molecule has 0 bridgehead atoms. The number of aliphatic imine (C=N–C) groups is 1. The number of hydrogen-bond donors (Lipinski definition) is 0. The van der Waals surface area contributed by atoms with Crippen LogP contribution in [0.5, 0.6) is 0 Å². The second-order valence-electron chi connectivity index (χ2n) is 7.22. The van der Waals surface area contributed by atoms with Crippen LogP contribution < -0.4 is 0 Å². The van der Waals surface area contributed by atoms with Crippen LogP contribution in [0.3, 0.4) is 0 Å². The number of hydrogen-bond acceptors (Lipinski definition) is 5. The summed E-state index contributed by atoms with van der Waals surface area (Å²) in [6.07, 6.45) is 0.314. The van der Waals surface area contributed by atoms with E-state index in [0.29, 0.717) is 23.8 Å². The molecule has 1 heterocycles. The van der Waals surface area contributed by atoms with Gasteiger partial charge >= 0.3 is 0 Å². The van der Waals surface area contributed by atoms with E-state index in [4.69, 9.17) is 0 Å². The molecule has 2 aromatic rings. The Kier molecular flexibility index (Phi) is 6.45. The van der Waals surface area contributed by atoms with Crippen molar-refractivity contribution in [2.45, 2.75) is 30.4 Å². The lowest BCUT2D eigenvalue weighted by Crippen LogP contribution is -2.33. The van der Waals surface area contributed by atoms with Gasteiger partial charge in [0.1, 0.15) is 0 Å². The second-order valence-corrected chi connectivity index (χ2v) is 10.8. The largest absolute Gasteiger partial charge is 0.290 e. The standard InChI is InChI=1S/C21H25N3O3S2/c1-15-8-5-6-9-17(15)12-20(25)24-14-16(2)28-21(24)22-18-10-7-11-19(13-18)29(26,27)23(3)4/h5-11,13,16H,12,14H2,1-4H3. The van der Waals surface area contributed by atoms with Gasteiger partial charge in [-0.1, -0.05) is 49.0 Å². The van der Waals surface area contributed by atoms with Gasteiger partial charge in [0, 0.05) is 25.9 Å². The van der Waals surface area contributed by atoms with Crippen molar-refractivity contribution in [3.63, 3.8) is 0 Å². The van der Waals surface area contributed by atoms with E-state index < -0.39 is 10.0 Å². The number of thioether (sulfide) groups is 1. The van der Waals surface area contributed by atoms with Crippen LogP contribution in [0.1, 0.15) is 18.1 Å². The average Bonchev–Trinajstić information content (AvgIpc) is 3.04. The molecule has 1 fully saturated rings. The summed E-state index contributed by atoms with van der Waals surface area (Å²) in [7, 11) is -0.554. The van der Waals surface area contributed by atoms with E-state index in [-0.39, 0.29) is 16.1 Å². The SMILES string of the molecule is Cc1ccccc1CC(=O)N1CC(C)SC1=Nc1cccc(S(=O)(=O)N(C)C)c1. The first kappa shape index (κ1) is 21.5. The first-order chi connectivity index (χ1) is 13.7. The Labute approximate surface area is 176 Å². The summed E-state index contributed by atoms with van der Waals surface area (Å²) in [5.41, 5.74) is 2.60. The topological polar surface area (TPSA) is 70.0 Å². The molecule has 0 radical (unpaired) electrons. The molecule has 154 valence electrons. The summed E-state index contributed by atoms with van der Waals surface area (Å²) in [5.74, 6) is -0.00744. The Morgan fingerprint density at radius 3 is 2.62 bits per heavy atom. The first-order valence-electron chi connectivity index (χ1n) is 9.31. The van der Waals surface area contributed by atoms with Crippen LogP contribution in [0.15, 0.2) is 58.4 Å². The van der Waals surface area contributed by atoms with Crippen molar-refractivity contribution >= 4 is 38.5 Å². The summed E-state index contributed by atoms with van der Waals surface area (Å²) >= 11 is 1.53. The van der Waals surface area contributed by atoms with Crippen molar-refractivity contribution in [1.29, 1.82) is 0 Å². The molecule has 0 saturated carbocycles. The number of sulfonamides is 1. The van der Waals surface area contributed by atoms with Crippen molar-refractivity contribution in [2.24, 2.45) is 4.99 Å². The molecule has 1 unspecified atom stereocenters. The summed E-state index contributed by atoms with van der Waals surface area (Å²) in [5, 5.41) is 0.832. The molecular weight excluding hydrogens is 406 g/mol. The number of rotatable bonds is 5.